The monoisotopic (exact) mass is 1110 g/mol. The molecule has 4 heterocycles. The van der Waals surface area contributed by atoms with Gasteiger partial charge in [-0.15, -0.1) is 0 Å². The van der Waals surface area contributed by atoms with Crippen molar-refractivity contribution in [3.05, 3.63) is 132 Å². The zero-order valence-electron chi connectivity index (χ0n) is 47.0. The fourth-order valence-electron chi connectivity index (χ4n) is 13.0. The van der Waals surface area contributed by atoms with E-state index in [0.29, 0.717) is 37.3 Å². The lowest BCUT2D eigenvalue weighted by atomic mass is 9.83. The second kappa shape index (κ2) is 26.9. The summed E-state index contributed by atoms with van der Waals surface area (Å²) in [6, 6.07) is 34.3. The Morgan fingerprint density at radius 2 is 0.914 bits per heavy atom. The standard InChI is InChI=1S/C34H44N4O6.C29H36N4O4/c1-34(2,3)44-32(41)36-28(24-15-9-5-10-16-24)31(40)37-20-19-27-29(37)26(30(39)35-25-17-11-6-12-18-25)21-38(27)33(42)43-22-23-13-7-4-8-14-23;30-25(21-12-6-2-7-13-21)28(35)32-17-16-24-26(32)23(27(34)31-22-14-8-3-9-15-22)18-33(24)29(36)37-19-20-10-4-1-5-11-20/h4,6-8,11-14,17-18,24,26-29H,5,9-10,15-16,19-22H2,1-3H3,(H,35,39)(H,36,41);1,3-5,8-11,14-15,21,23-26H,2,6-7,12-13,16-19,30H2,(H,31,34)/t26-,27+,28-,29+;23-,24+,25-,26+/m00/s1. The largest absolute Gasteiger partial charge is 0.445 e. The number of amides is 7. The van der Waals surface area contributed by atoms with Crippen LogP contribution in [0.4, 0.5) is 25.8 Å². The quantitative estimate of drug-likeness (QED) is 0.0925. The second-order valence-electron chi connectivity index (χ2n) is 23.5. The van der Waals surface area contributed by atoms with Crippen LogP contribution in [-0.4, -0.2) is 130 Å². The number of carbonyl (C=O) groups excluding carboxylic acids is 7. The number of likely N-dealkylation sites (tertiary alicyclic amines) is 4. The molecule has 18 heteroatoms. The number of nitrogens with one attached hydrogen (secondary N) is 3. The van der Waals surface area contributed by atoms with Crippen LogP contribution >= 0.6 is 0 Å². The lowest BCUT2D eigenvalue weighted by Gasteiger charge is -2.36. The van der Waals surface area contributed by atoms with Crippen molar-refractivity contribution in [2.45, 2.75) is 153 Å². The van der Waals surface area contributed by atoms with E-state index in [1.54, 1.807) is 52.5 Å². The van der Waals surface area contributed by atoms with Gasteiger partial charge < -0.3 is 55.5 Å². The van der Waals surface area contributed by atoms with Gasteiger partial charge >= 0.3 is 18.3 Å². The molecule has 432 valence electrons. The highest BCUT2D eigenvalue weighted by atomic mass is 16.6. The van der Waals surface area contributed by atoms with Crippen molar-refractivity contribution in [2.75, 3.05) is 36.8 Å². The normalized spacial score (nSPS) is 23.4. The number of rotatable bonds is 13. The number of anilines is 2. The van der Waals surface area contributed by atoms with Crippen LogP contribution in [0.1, 0.15) is 109 Å². The number of alkyl carbamates (subject to hydrolysis) is 1. The van der Waals surface area contributed by atoms with Crippen LogP contribution in [-0.2, 0) is 46.6 Å². The average Bonchev–Trinajstić information content (AvgIpc) is 4.41. The van der Waals surface area contributed by atoms with E-state index in [-0.39, 0.29) is 73.9 Å². The maximum atomic E-state index is 14.4. The Hall–Kier alpha value is -7.47. The summed E-state index contributed by atoms with van der Waals surface area (Å²) in [5.41, 5.74) is 8.88. The van der Waals surface area contributed by atoms with Crippen LogP contribution in [0.3, 0.4) is 0 Å². The minimum Gasteiger partial charge on any atom is -0.445 e. The number of hydrogen-bond donors (Lipinski definition) is 4. The number of para-hydroxylation sites is 2. The maximum Gasteiger partial charge on any atom is 0.410 e. The SMILES string of the molecule is CC(C)(C)OC(=O)N[C@H](C(=O)N1CC[C@@H]2[C@H]1[C@@H](C(=O)Nc1ccccc1)CN2C(=O)OCc1ccccc1)C1CCCCC1.N[C@H](C(=O)N1CC[C@@H]2[C@H]1[C@@H](C(=O)Nc1ccccc1)CN2C(=O)OCc1ccccc1)C1CCCCC1. The summed E-state index contributed by atoms with van der Waals surface area (Å²) in [7, 11) is 0. The Labute approximate surface area is 475 Å². The highest BCUT2D eigenvalue weighted by molar-refractivity contribution is 5.96. The summed E-state index contributed by atoms with van der Waals surface area (Å²) in [6.07, 6.45) is 9.54. The smallest absolute Gasteiger partial charge is 0.410 e. The highest BCUT2D eigenvalue weighted by Gasteiger charge is 2.57. The molecule has 18 nitrogen and oxygen atoms in total. The van der Waals surface area contributed by atoms with Gasteiger partial charge in [-0.3, -0.25) is 19.2 Å². The summed E-state index contributed by atoms with van der Waals surface area (Å²) in [5, 5.41) is 8.86. The molecule has 0 radical (unpaired) electrons. The van der Waals surface area contributed by atoms with Crippen molar-refractivity contribution in [3.8, 4) is 0 Å². The molecule has 5 N–H and O–H groups in total. The van der Waals surface area contributed by atoms with Crippen LogP contribution in [0.2, 0.25) is 0 Å². The molecule has 0 bridgehead atoms. The molecule has 0 unspecified atom stereocenters. The summed E-state index contributed by atoms with van der Waals surface area (Å²) in [4.78, 5) is 102. The first kappa shape index (κ1) is 58.2. The van der Waals surface area contributed by atoms with Crippen molar-refractivity contribution in [3.63, 3.8) is 0 Å². The summed E-state index contributed by atoms with van der Waals surface area (Å²) < 4.78 is 16.9. The van der Waals surface area contributed by atoms with E-state index in [4.69, 9.17) is 19.9 Å². The van der Waals surface area contributed by atoms with Gasteiger partial charge in [-0.1, -0.05) is 136 Å². The fraction of sp³-hybridized carbons (Fsp3) is 0.508. The number of nitrogens with zero attached hydrogens (tertiary/aromatic N) is 4. The van der Waals surface area contributed by atoms with Crippen molar-refractivity contribution >= 4 is 53.3 Å². The van der Waals surface area contributed by atoms with E-state index in [0.717, 1.165) is 68.9 Å². The van der Waals surface area contributed by atoms with Gasteiger partial charge in [-0.05, 0) is 107 Å². The molecule has 6 fully saturated rings. The molecule has 0 aromatic heterocycles. The third-order valence-corrected chi connectivity index (χ3v) is 17.0. The summed E-state index contributed by atoms with van der Waals surface area (Å²) in [6.45, 7) is 6.80. The topological polar surface area (TPSA) is 222 Å². The molecule has 81 heavy (non-hydrogen) atoms. The third kappa shape index (κ3) is 14.5. The van der Waals surface area contributed by atoms with Crippen molar-refractivity contribution in [1.82, 2.24) is 24.9 Å². The lowest BCUT2D eigenvalue weighted by Crippen LogP contribution is -2.56. The first-order chi connectivity index (χ1) is 39.1. The van der Waals surface area contributed by atoms with E-state index >= 15 is 0 Å². The Bertz CT molecular complexity index is 2770. The van der Waals surface area contributed by atoms with Crippen LogP contribution in [0.15, 0.2) is 121 Å². The number of ether oxygens (including phenoxy) is 3. The van der Waals surface area contributed by atoms with Gasteiger partial charge in [0.1, 0.15) is 24.9 Å². The van der Waals surface area contributed by atoms with E-state index < -0.39 is 59.9 Å². The molecular weight excluding hydrogens is 1030 g/mol. The molecule has 2 saturated carbocycles. The van der Waals surface area contributed by atoms with E-state index in [1.165, 1.54) is 6.42 Å². The van der Waals surface area contributed by atoms with Gasteiger partial charge in [-0.25, -0.2) is 14.4 Å². The van der Waals surface area contributed by atoms with Crippen LogP contribution in [0.25, 0.3) is 0 Å². The molecule has 10 rings (SSSR count). The minimum absolute atomic E-state index is 0.0345. The molecule has 7 amide bonds. The zero-order chi connectivity index (χ0) is 57.0. The highest BCUT2D eigenvalue weighted by Crippen LogP contribution is 2.41. The molecule has 4 saturated heterocycles. The summed E-state index contributed by atoms with van der Waals surface area (Å²) in [5.74, 6) is -1.91. The fourth-order valence-corrected chi connectivity index (χ4v) is 13.0. The number of hydrogen-bond acceptors (Lipinski definition) is 11. The number of fused-ring (bicyclic) bond motifs is 2. The average molecular weight is 1110 g/mol. The van der Waals surface area contributed by atoms with E-state index in [9.17, 15) is 33.6 Å². The van der Waals surface area contributed by atoms with Gasteiger partial charge in [0.15, 0.2) is 0 Å². The van der Waals surface area contributed by atoms with Crippen LogP contribution in [0, 0.1) is 23.7 Å². The van der Waals surface area contributed by atoms with Gasteiger partial charge in [0.05, 0.1) is 42.0 Å². The van der Waals surface area contributed by atoms with Gasteiger partial charge in [0.2, 0.25) is 23.6 Å². The Kier molecular flexibility index (Phi) is 19.3. The maximum absolute atomic E-state index is 14.4. The van der Waals surface area contributed by atoms with Gasteiger partial charge in [0.25, 0.3) is 0 Å². The molecule has 0 spiro atoms. The molecule has 4 aliphatic heterocycles. The van der Waals surface area contributed by atoms with Crippen molar-refractivity contribution in [2.24, 2.45) is 29.4 Å². The predicted octanol–water partition coefficient (Wildman–Crippen LogP) is 9.11. The lowest BCUT2D eigenvalue weighted by molar-refractivity contribution is -0.138. The zero-order valence-corrected chi connectivity index (χ0v) is 47.0. The molecule has 2 aliphatic carbocycles. The summed E-state index contributed by atoms with van der Waals surface area (Å²) >= 11 is 0. The number of carbonyl (C=O) groups is 7. The second-order valence-corrected chi connectivity index (χ2v) is 23.5. The molecule has 4 aromatic carbocycles. The van der Waals surface area contributed by atoms with E-state index in [2.05, 4.69) is 16.0 Å². The molecule has 8 atom stereocenters. The Morgan fingerprint density at radius 3 is 1.33 bits per heavy atom. The molecule has 6 aliphatic rings. The van der Waals surface area contributed by atoms with E-state index in [1.807, 2.05) is 109 Å². The van der Waals surface area contributed by atoms with Crippen LogP contribution < -0.4 is 21.7 Å². The van der Waals surface area contributed by atoms with Crippen molar-refractivity contribution in [1.29, 1.82) is 0 Å². The van der Waals surface area contributed by atoms with Gasteiger partial charge in [-0.2, -0.15) is 0 Å². The first-order valence-electron chi connectivity index (χ1n) is 29.2. The first-order valence-corrected chi connectivity index (χ1v) is 29.2. The van der Waals surface area contributed by atoms with Crippen LogP contribution in [0.5, 0.6) is 0 Å². The minimum atomic E-state index is -0.777. The Balaban J connectivity index is 0.000000198. The molecule has 4 aromatic rings. The van der Waals surface area contributed by atoms with Gasteiger partial charge in [0, 0.05) is 37.6 Å². The molecular formula is C63H80N8O10. The number of nitrogens with two attached hydrogens (primary N) is 1. The number of benzene rings is 4. The predicted molar refractivity (Wildman–Crippen MR) is 306 cm³/mol. The van der Waals surface area contributed by atoms with Crippen molar-refractivity contribution < 1.29 is 47.8 Å². The third-order valence-electron chi connectivity index (χ3n) is 17.0. The Morgan fingerprint density at radius 1 is 0.519 bits per heavy atom.